The zero-order valence-electron chi connectivity index (χ0n) is 18.5. The first kappa shape index (κ1) is 22.5. The summed E-state index contributed by atoms with van der Waals surface area (Å²) in [7, 11) is 0.559. The molecule has 9 heteroatoms. The summed E-state index contributed by atoms with van der Waals surface area (Å²) in [6, 6.07) is 16.6. The Hall–Kier alpha value is -3.72. The van der Waals surface area contributed by atoms with E-state index >= 15 is 0 Å². The maximum atomic E-state index is 13.4. The number of ether oxygens (including phenoxy) is 3. The third-order valence-electron chi connectivity index (χ3n) is 5.50. The van der Waals surface area contributed by atoms with Crippen molar-refractivity contribution in [2.24, 2.45) is 0 Å². The number of methoxy groups -OCH3 is 3. The summed E-state index contributed by atoms with van der Waals surface area (Å²) in [5.41, 5.74) is 2.12. The Morgan fingerprint density at radius 2 is 1.67 bits per heavy atom. The van der Waals surface area contributed by atoms with Crippen LogP contribution in [0, 0.1) is 0 Å². The number of rotatable bonds is 7. The fraction of sp³-hybridized carbons (Fsp3) is 0.208. The Morgan fingerprint density at radius 3 is 2.39 bits per heavy atom. The molecule has 0 aliphatic carbocycles. The fourth-order valence-corrected chi connectivity index (χ4v) is 5.33. The number of para-hydroxylation sites is 1. The van der Waals surface area contributed by atoms with Gasteiger partial charge in [0.15, 0.2) is 0 Å². The number of anilines is 2. The molecular weight excluding hydrogens is 444 g/mol. The minimum Gasteiger partial charge on any atom is -0.497 e. The van der Waals surface area contributed by atoms with Gasteiger partial charge in [0.1, 0.15) is 17.2 Å². The van der Waals surface area contributed by atoms with Gasteiger partial charge in [-0.3, -0.25) is 9.10 Å². The minimum atomic E-state index is -3.87. The first-order valence-corrected chi connectivity index (χ1v) is 11.6. The molecule has 0 aromatic heterocycles. The molecule has 8 nitrogen and oxygen atoms in total. The summed E-state index contributed by atoms with van der Waals surface area (Å²) in [6.07, 6.45) is 0.635. The number of carbonyl (C=O) groups excluding carboxylic acids is 1. The van der Waals surface area contributed by atoms with E-state index in [0.29, 0.717) is 35.8 Å². The molecule has 1 N–H and O–H groups in total. The van der Waals surface area contributed by atoms with E-state index < -0.39 is 15.9 Å². The van der Waals surface area contributed by atoms with Crippen LogP contribution in [0.2, 0.25) is 0 Å². The van der Waals surface area contributed by atoms with Crippen molar-refractivity contribution in [2.45, 2.75) is 11.3 Å². The topological polar surface area (TPSA) is 94.2 Å². The number of sulfonamides is 1. The molecule has 0 saturated carbocycles. The van der Waals surface area contributed by atoms with Crippen molar-refractivity contribution in [3.63, 3.8) is 0 Å². The Morgan fingerprint density at radius 1 is 0.909 bits per heavy atom. The Kier molecular flexibility index (Phi) is 6.15. The summed E-state index contributed by atoms with van der Waals surface area (Å²) in [6.45, 7) is 0.346. The van der Waals surface area contributed by atoms with E-state index in [-0.39, 0.29) is 16.2 Å². The van der Waals surface area contributed by atoms with Crippen LogP contribution in [-0.2, 0) is 16.4 Å². The smallest absolute Gasteiger partial charge is 0.264 e. The van der Waals surface area contributed by atoms with Crippen molar-refractivity contribution in [1.82, 2.24) is 0 Å². The monoisotopic (exact) mass is 468 g/mol. The van der Waals surface area contributed by atoms with Crippen LogP contribution in [0.25, 0.3) is 0 Å². The number of benzene rings is 3. The number of carbonyl (C=O) groups is 1. The van der Waals surface area contributed by atoms with Crippen LogP contribution >= 0.6 is 0 Å². The molecule has 0 bridgehead atoms. The first-order chi connectivity index (χ1) is 15.9. The van der Waals surface area contributed by atoms with Gasteiger partial charge in [0.05, 0.1) is 43.2 Å². The van der Waals surface area contributed by atoms with Crippen LogP contribution in [0.15, 0.2) is 65.6 Å². The molecule has 1 heterocycles. The van der Waals surface area contributed by atoms with E-state index in [2.05, 4.69) is 5.32 Å². The van der Waals surface area contributed by atoms with E-state index in [1.807, 2.05) is 18.2 Å². The van der Waals surface area contributed by atoms with Gasteiger partial charge in [-0.05, 0) is 48.4 Å². The van der Waals surface area contributed by atoms with Crippen molar-refractivity contribution < 1.29 is 27.4 Å². The quantitative estimate of drug-likeness (QED) is 0.568. The second kappa shape index (κ2) is 9.03. The standard InChI is InChI=1S/C24H24N2O6S/c1-30-17-8-10-20(23(14-17)32-3)25-24(27)19-15-18(9-11-22(19)31-2)33(28,29)26-13-12-16-6-4-5-7-21(16)26/h4-11,14-15H,12-13H2,1-3H3,(H,25,27). The third-order valence-corrected chi connectivity index (χ3v) is 7.31. The van der Waals surface area contributed by atoms with Gasteiger partial charge in [0, 0.05) is 12.6 Å². The van der Waals surface area contributed by atoms with Crippen molar-refractivity contribution >= 4 is 27.3 Å². The molecule has 172 valence electrons. The zero-order chi connectivity index (χ0) is 23.6. The number of nitrogens with zero attached hydrogens (tertiary/aromatic N) is 1. The van der Waals surface area contributed by atoms with Crippen LogP contribution in [0.1, 0.15) is 15.9 Å². The average Bonchev–Trinajstić information content (AvgIpc) is 3.29. The largest absolute Gasteiger partial charge is 0.497 e. The van der Waals surface area contributed by atoms with Crippen LogP contribution in [0.5, 0.6) is 17.2 Å². The van der Waals surface area contributed by atoms with Crippen molar-refractivity contribution in [1.29, 1.82) is 0 Å². The molecule has 1 amide bonds. The van der Waals surface area contributed by atoms with Crippen molar-refractivity contribution in [2.75, 3.05) is 37.5 Å². The van der Waals surface area contributed by atoms with Crippen LogP contribution in [-0.4, -0.2) is 42.2 Å². The molecule has 1 aliphatic heterocycles. The Labute approximate surface area is 192 Å². The van der Waals surface area contributed by atoms with Crippen LogP contribution < -0.4 is 23.8 Å². The lowest BCUT2D eigenvalue weighted by atomic mass is 10.1. The molecule has 33 heavy (non-hydrogen) atoms. The average molecular weight is 469 g/mol. The molecule has 0 spiro atoms. The number of amides is 1. The summed E-state index contributed by atoms with van der Waals surface area (Å²) in [5.74, 6) is 0.690. The third kappa shape index (κ3) is 4.19. The number of hydrogen-bond acceptors (Lipinski definition) is 6. The molecule has 0 fully saturated rings. The van der Waals surface area contributed by atoms with E-state index in [4.69, 9.17) is 14.2 Å². The van der Waals surface area contributed by atoms with Crippen molar-refractivity contribution in [3.8, 4) is 17.2 Å². The second-order valence-corrected chi connectivity index (χ2v) is 9.20. The second-order valence-electron chi connectivity index (χ2n) is 7.34. The SMILES string of the molecule is COc1ccc(NC(=O)c2cc(S(=O)(=O)N3CCc4ccccc43)ccc2OC)c(OC)c1. The number of fused-ring (bicyclic) bond motifs is 1. The molecule has 4 rings (SSSR count). The molecule has 0 unspecified atom stereocenters. The molecular formula is C24H24N2O6S. The highest BCUT2D eigenvalue weighted by Gasteiger charge is 2.31. The number of hydrogen-bond donors (Lipinski definition) is 1. The molecule has 3 aromatic carbocycles. The van der Waals surface area contributed by atoms with E-state index in [0.717, 1.165) is 5.56 Å². The molecule has 3 aromatic rings. The van der Waals surface area contributed by atoms with Gasteiger partial charge in [-0.1, -0.05) is 18.2 Å². The first-order valence-electron chi connectivity index (χ1n) is 10.2. The maximum Gasteiger partial charge on any atom is 0.264 e. The highest BCUT2D eigenvalue weighted by atomic mass is 32.2. The lowest BCUT2D eigenvalue weighted by Crippen LogP contribution is -2.29. The molecule has 0 saturated heterocycles. The van der Waals surface area contributed by atoms with E-state index in [1.165, 1.54) is 43.8 Å². The molecule has 0 radical (unpaired) electrons. The predicted octanol–water partition coefficient (Wildman–Crippen LogP) is 3.72. The summed E-state index contributed by atoms with van der Waals surface area (Å²) in [5, 5.41) is 2.76. The van der Waals surface area contributed by atoms with Gasteiger partial charge in [-0.2, -0.15) is 0 Å². The maximum absolute atomic E-state index is 13.4. The van der Waals surface area contributed by atoms with Gasteiger partial charge in [0.25, 0.3) is 15.9 Å². The summed E-state index contributed by atoms with van der Waals surface area (Å²) >= 11 is 0. The molecule has 1 aliphatic rings. The Balaban J connectivity index is 1.69. The highest BCUT2D eigenvalue weighted by Crippen LogP contribution is 2.35. The normalized spacial score (nSPS) is 12.8. The summed E-state index contributed by atoms with van der Waals surface area (Å²) in [4.78, 5) is 13.1. The minimum absolute atomic E-state index is 0.00634. The van der Waals surface area contributed by atoms with E-state index in [9.17, 15) is 13.2 Å². The number of nitrogens with one attached hydrogen (secondary N) is 1. The van der Waals surface area contributed by atoms with Crippen LogP contribution in [0.4, 0.5) is 11.4 Å². The highest BCUT2D eigenvalue weighted by molar-refractivity contribution is 7.92. The van der Waals surface area contributed by atoms with Gasteiger partial charge >= 0.3 is 0 Å². The lowest BCUT2D eigenvalue weighted by Gasteiger charge is -2.20. The predicted molar refractivity (Wildman–Crippen MR) is 125 cm³/mol. The summed E-state index contributed by atoms with van der Waals surface area (Å²) < 4.78 is 44.1. The van der Waals surface area contributed by atoms with Gasteiger partial charge in [-0.25, -0.2) is 8.42 Å². The van der Waals surface area contributed by atoms with Crippen LogP contribution in [0.3, 0.4) is 0 Å². The fourth-order valence-electron chi connectivity index (χ4n) is 3.80. The van der Waals surface area contributed by atoms with E-state index in [1.54, 1.807) is 24.3 Å². The van der Waals surface area contributed by atoms with Gasteiger partial charge in [0.2, 0.25) is 0 Å². The molecule has 0 atom stereocenters. The lowest BCUT2D eigenvalue weighted by molar-refractivity contribution is 0.102. The van der Waals surface area contributed by atoms with Gasteiger partial charge < -0.3 is 19.5 Å². The van der Waals surface area contributed by atoms with Crippen molar-refractivity contribution in [3.05, 3.63) is 71.8 Å². The zero-order valence-corrected chi connectivity index (χ0v) is 19.3. The Bertz CT molecular complexity index is 1310. The van der Waals surface area contributed by atoms with Gasteiger partial charge in [-0.15, -0.1) is 0 Å².